The van der Waals surface area contributed by atoms with Crippen LogP contribution in [0, 0.1) is 17.2 Å². The van der Waals surface area contributed by atoms with E-state index >= 15 is 0 Å². The highest BCUT2D eigenvalue weighted by Crippen LogP contribution is 2.17. The second kappa shape index (κ2) is 6.53. The molecule has 0 spiro atoms. The third-order valence-corrected chi connectivity index (χ3v) is 3.79. The summed E-state index contributed by atoms with van der Waals surface area (Å²) in [6, 6.07) is 9.99. The Hall–Kier alpha value is -0.940. The summed E-state index contributed by atoms with van der Waals surface area (Å²) in [6.07, 6.45) is 1.25. The van der Waals surface area contributed by atoms with Crippen molar-refractivity contribution in [2.75, 3.05) is 5.75 Å². The standard InChI is InChI=1S/C13H17NS/c1-3-11(2)9-15-10-13-6-4-12(8-14)5-7-13/h4-7,11H,3,9-10H2,1-2H3. The van der Waals surface area contributed by atoms with Gasteiger partial charge in [0.25, 0.3) is 0 Å². The van der Waals surface area contributed by atoms with E-state index in [1.54, 1.807) is 0 Å². The highest BCUT2D eigenvalue weighted by atomic mass is 32.2. The molecule has 1 nitrogen and oxygen atoms in total. The van der Waals surface area contributed by atoms with Gasteiger partial charge in [0.05, 0.1) is 11.6 Å². The highest BCUT2D eigenvalue weighted by molar-refractivity contribution is 7.98. The molecule has 1 unspecified atom stereocenters. The molecule has 0 fully saturated rings. The largest absolute Gasteiger partial charge is 0.192 e. The molecule has 80 valence electrons. The molecule has 2 heteroatoms. The number of nitrogens with zero attached hydrogens (tertiary/aromatic N) is 1. The summed E-state index contributed by atoms with van der Waals surface area (Å²) in [5.74, 6) is 3.07. The fourth-order valence-electron chi connectivity index (χ4n) is 1.17. The Labute approximate surface area is 96.5 Å². The Morgan fingerprint density at radius 2 is 2.00 bits per heavy atom. The summed E-state index contributed by atoms with van der Waals surface area (Å²) in [7, 11) is 0. The van der Waals surface area contributed by atoms with Crippen LogP contribution in [-0.2, 0) is 5.75 Å². The fraction of sp³-hybridized carbons (Fsp3) is 0.462. The lowest BCUT2D eigenvalue weighted by Crippen LogP contribution is -1.95. The Kier molecular flexibility index (Phi) is 5.28. The van der Waals surface area contributed by atoms with Crippen molar-refractivity contribution in [2.45, 2.75) is 26.0 Å². The predicted molar refractivity (Wildman–Crippen MR) is 66.8 cm³/mol. The molecule has 1 atom stereocenters. The van der Waals surface area contributed by atoms with Crippen molar-refractivity contribution in [3.05, 3.63) is 35.4 Å². The zero-order valence-corrected chi connectivity index (χ0v) is 10.2. The van der Waals surface area contributed by atoms with E-state index in [-0.39, 0.29) is 0 Å². The second-order valence-corrected chi connectivity index (χ2v) is 4.87. The SMILES string of the molecule is CCC(C)CSCc1ccc(C#N)cc1. The van der Waals surface area contributed by atoms with Crippen LogP contribution in [0.2, 0.25) is 0 Å². The highest BCUT2D eigenvalue weighted by Gasteiger charge is 1.99. The van der Waals surface area contributed by atoms with Gasteiger partial charge in [0.2, 0.25) is 0 Å². The molecule has 1 rings (SSSR count). The van der Waals surface area contributed by atoms with Gasteiger partial charge in [0.15, 0.2) is 0 Å². The monoisotopic (exact) mass is 219 g/mol. The number of rotatable bonds is 5. The molecular formula is C13H17NS. The molecule has 0 heterocycles. The maximum atomic E-state index is 8.65. The Bertz CT molecular complexity index is 323. The van der Waals surface area contributed by atoms with Gasteiger partial charge in [-0.05, 0) is 29.4 Å². The minimum atomic E-state index is 0.741. The van der Waals surface area contributed by atoms with E-state index in [1.165, 1.54) is 17.7 Å². The van der Waals surface area contributed by atoms with Gasteiger partial charge in [-0.2, -0.15) is 17.0 Å². The molecule has 0 aliphatic rings. The molecule has 0 radical (unpaired) electrons. The Morgan fingerprint density at radius 3 is 2.53 bits per heavy atom. The first-order valence-corrected chi connectivity index (χ1v) is 6.48. The first-order valence-electron chi connectivity index (χ1n) is 5.33. The molecule has 0 aliphatic carbocycles. The van der Waals surface area contributed by atoms with E-state index in [4.69, 9.17) is 5.26 Å². The van der Waals surface area contributed by atoms with Crippen LogP contribution in [0.4, 0.5) is 0 Å². The Balaban J connectivity index is 2.35. The molecule has 1 aromatic rings. The minimum Gasteiger partial charge on any atom is -0.192 e. The normalized spacial score (nSPS) is 12.1. The van der Waals surface area contributed by atoms with E-state index in [0.29, 0.717) is 0 Å². The predicted octanol–water partition coefficient (Wildman–Crippen LogP) is 3.84. The molecule has 0 aliphatic heterocycles. The van der Waals surface area contributed by atoms with Crippen LogP contribution in [0.3, 0.4) is 0 Å². The molecule has 0 saturated heterocycles. The second-order valence-electron chi connectivity index (χ2n) is 3.84. The third kappa shape index (κ3) is 4.40. The van der Waals surface area contributed by atoms with Crippen LogP contribution >= 0.6 is 11.8 Å². The summed E-state index contributed by atoms with van der Waals surface area (Å²) in [4.78, 5) is 0. The quantitative estimate of drug-likeness (QED) is 0.751. The summed E-state index contributed by atoms with van der Waals surface area (Å²) >= 11 is 1.97. The van der Waals surface area contributed by atoms with Crippen LogP contribution in [0.5, 0.6) is 0 Å². The smallest absolute Gasteiger partial charge is 0.0991 e. The van der Waals surface area contributed by atoms with Gasteiger partial charge in [-0.25, -0.2) is 0 Å². The third-order valence-electron chi connectivity index (χ3n) is 2.45. The molecule has 1 aromatic carbocycles. The fourth-order valence-corrected chi connectivity index (χ4v) is 2.36. The van der Waals surface area contributed by atoms with Crippen molar-refractivity contribution >= 4 is 11.8 Å². The van der Waals surface area contributed by atoms with E-state index in [1.807, 2.05) is 36.0 Å². The van der Waals surface area contributed by atoms with Gasteiger partial charge >= 0.3 is 0 Å². The first kappa shape index (κ1) is 12.1. The van der Waals surface area contributed by atoms with E-state index in [2.05, 4.69) is 19.9 Å². The first-order chi connectivity index (χ1) is 7.26. The summed E-state index contributed by atoms with van der Waals surface area (Å²) in [5.41, 5.74) is 2.05. The van der Waals surface area contributed by atoms with Crippen molar-refractivity contribution in [3.8, 4) is 6.07 Å². The summed E-state index contributed by atoms with van der Waals surface area (Å²) < 4.78 is 0. The van der Waals surface area contributed by atoms with Crippen molar-refractivity contribution in [3.63, 3.8) is 0 Å². The lowest BCUT2D eigenvalue weighted by atomic mass is 10.2. The topological polar surface area (TPSA) is 23.8 Å². The number of nitriles is 1. The van der Waals surface area contributed by atoms with Gasteiger partial charge in [0, 0.05) is 5.75 Å². The average molecular weight is 219 g/mol. The Morgan fingerprint density at radius 1 is 1.33 bits per heavy atom. The molecule has 0 saturated carbocycles. The van der Waals surface area contributed by atoms with Gasteiger partial charge in [0.1, 0.15) is 0 Å². The van der Waals surface area contributed by atoms with Gasteiger partial charge in [-0.1, -0.05) is 32.4 Å². The molecule has 0 N–H and O–H groups in total. The molecule has 15 heavy (non-hydrogen) atoms. The maximum absolute atomic E-state index is 8.65. The zero-order chi connectivity index (χ0) is 11.1. The zero-order valence-electron chi connectivity index (χ0n) is 9.36. The van der Waals surface area contributed by atoms with Crippen molar-refractivity contribution in [1.82, 2.24) is 0 Å². The average Bonchev–Trinajstić information content (AvgIpc) is 2.29. The number of hydrogen-bond donors (Lipinski definition) is 0. The van der Waals surface area contributed by atoms with E-state index in [0.717, 1.165) is 17.2 Å². The van der Waals surface area contributed by atoms with E-state index in [9.17, 15) is 0 Å². The number of hydrogen-bond acceptors (Lipinski definition) is 2. The molecule has 0 aromatic heterocycles. The lowest BCUT2D eigenvalue weighted by Gasteiger charge is -2.07. The number of benzene rings is 1. The molecular weight excluding hydrogens is 202 g/mol. The van der Waals surface area contributed by atoms with Crippen LogP contribution in [0.15, 0.2) is 24.3 Å². The molecule has 0 bridgehead atoms. The van der Waals surface area contributed by atoms with Crippen LogP contribution < -0.4 is 0 Å². The minimum absolute atomic E-state index is 0.741. The summed E-state index contributed by atoms with van der Waals surface area (Å²) in [6.45, 7) is 4.51. The lowest BCUT2D eigenvalue weighted by molar-refractivity contribution is 0.637. The molecule has 0 amide bonds. The van der Waals surface area contributed by atoms with Crippen LogP contribution in [-0.4, -0.2) is 5.75 Å². The van der Waals surface area contributed by atoms with Gasteiger partial charge in [-0.15, -0.1) is 0 Å². The van der Waals surface area contributed by atoms with Gasteiger partial charge in [-0.3, -0.25) is 0 Å². The van der Waals surface area contributed by atoms with Crippen molar-refractivity contribution in [1.29, 1.82) is 5.26 Å². The number of thioether (sulfide) groups is 1. The maximum Gasteiger partial charge on any atom is 0.0991 e. The van der Waals surface area contributed by atoms with Crippen LogP contribution in [0.25, 0.3) is 0 Å². The van der Waals surface area contributed by atoms with E-state index < -0.39 is 0 Å². The van der Waals surface area contributed by atoms with Crippen molar-refractivity contribution in [2.24, 2.45) is 5.92 Å². The van der Waals surface area contributed by atoms with Crippen molar-refractivity contribution < 1.29 is 0 Å². The van der Waals surface area contributed by atoms with Crippen LogP contribution in [0.1, 0.15) is 31.4 Å². The van der Waals surface area contributed by atoms with Gasteiger partial charge < -0.3 is 0 Å². The summed E-state index contributed by atoms with van der Waals surface area (Å²) in [5, 5.41) is 8.65.